The van der Waals surface area contributed by atoms with Gasteiger partial charge in [-0.15, -0.1) is 0 Å². The van der Waals surface area contributed by atoms with Crippen LogP contribution in [-0.2, 0) is 7.05 Å². The Labute approximate surface area is 99.2 Å². The third kappa shape index (κ3) is 2.69. The minimum absolute atomic E-state index is 0.0253. The lowest BCUT2D eigenvalue weighted by molar-refractivity contribution is 0.812. The van der Waals surface area contributed by atoms with Gasteiger partial charge in [-0.3, -0.25) is 14.8 Å². The molecule has 17 heavy (non-hydrogen) atoms. The van der Waals surface area contributed by atoms with Crippen LogP contribution in [0.25, 0.3) is 0 Å². The second-order valence-electron chi connectivity index (χ2n) is 3.86. The highest BCUT2D eigenvalue weighted by molar-refractivity contribution is 5.42. The van der Waals surface area contributed by atoms with Crippen molar-refractivity contribution < 1.29 is 0 Å². The molecule has 0 bridgehead atoms. The van der Waals surface area contributed by atoms with E-state index in [1.807, 2.05) is 6.92 Å². The minimum atomic E-state index is -0.0253. The molecule has 5 heteroatoms. The van der Waals surface area contributed by atoms with E-state index in [4.69, 9.17) is 0 Å². The van der Waals surface area contributed by atoms with Crippen LogP contribution in [0, 0.1) is 0 Å². The molecule has 0 spiro atoms. The van der Waals surface area contributed by atoms with Crippen molar-refractivity contribution in [2.24, 2.45) is 7.05 Å². The third-order valence-corrected chi connectivity index (χ3v) is 2.50. The molecular formula is C12H14N4O. The lowest BCUT2D eigenvalue weighted by atomic mass is 10.2. The Bertz CT molecular complexity index is 550. The zero-order valence-corrected chi connectivity index (χ0v) is 9.79. The molecule has 0 aliphatic rings. The van der Waals surface area contributed by atoms with E-state index >= 15 is 0 Å². The molecule has 2 aromatic rings. The molecule has 5 nitrogen and oxygen atoms in total. The van der Waals surface area contributed by atoms with Crippen molar-refractivity contribution in [3.63, 3.8) is 0 Å². The summed E-state index contributed by atoms with van der Waals surface area (Å²) in [7, 11) is 1.72. The summed E-state index contributed by atoms with van der Waals surface area (Å²) in [5.41, 5.74) is 1.72. The third-order valence-electron chi connectivity index (χ3n) is 2.50. The minimum Gasteiger partial charge on any atom is -0.376 e. The summed E-state index contributed by atoms with van der Waals surface area (Å²) in [6, 6.07) is 3.34. The van der Waals surface area contributed by atoms with Gasteiger partial charge in [0, 0.05) is 31.7 Å². The lowest BCUT2D eigenvalue weighted by Gasteiger charge is -2.14. The number of hydrogen-bond acceptors (Lipinski definition) is 4. The zero-order valence-electron chi connectivity index (χ0n) is 9.79. The van der Waals surface area contributed by atoms with Crippen molar-refractivity contribution >= 4 is 5.69 Å². The van der Waals surface area contributed by atoms with Gasteiger partial charge in [0.1, 0.15) is 0 Å². The fourth-order valence-corrected chi connectivity index (χ4v) is 1.54. The largest absolute Gasteiger partial charge is 0.376 e. The Morgan fingerprint density at radius 1 is 1.35 bits per heavy atom. The summed E-state index contributed by atoms with van der Waals surface area (Å²) in [6.07, 6.45) is 6.78. The van der Waals surface area contributed by atoms with E-state index < -0.39 is 0 Å². The number of rotatable bonds is 3. The number of aryl methyl sites for hydroxylation is 1. The molecule has 1 atom stereocenters. The van der Waals surface area contributed by atoms with Gasteiger partial charge < -0.3 is 9.88 Å². The molecule has 0 radical (unpaired) electrons. The topological polar surface area (TPSA) is 59.8 Å². The second kappa shape index (κ2) is 4.78. The average Bonchev–Trinajstić information content (AvgIpc) is 2.35. The van der Waals surface area contributed by atoms with Crippen molar-refractivity contribution in [2.45, 2.75) is 13.0 Å². The molecule has 0 saturated heterocycles. The van der Waals surface area contributed by atoms with E-state index in [0.29, 0.717) is 0 Å². The van der Waals surface area contributed by atoms with Gasteiger partial charge in [-0.05, 0) is 13.0 Å². The van der Waals surface area contributed by atoms with Gasteiger partial charge in [-0.25, -0.2) is 0 Å². The molecule has 2 heterocycles. The number of anilines is 1. The van der Waals surface area contributed by atoms with Crippen LogP contribution in [0.15, 0.2) is 41.7 Å². The number of nitrogens with zero attached hydrogens (tertiary/aromatic N) is 3. The highest BCUT2D eigenvalue weighted by Crippen LogP contribution is 2.14. The van der Waals surface area contributed by atoms with Crippen LogP contribution >= 0.6 is 0 Å². The lowest BCUT2D eigenvalue weighted by Crippen LogP contribution is -2.16. The molecule has 1 N–H and O–H groups in total. The Morgan fingerprint density at radius 3 is 2.82 bits per heavy atom. The highest BCUT2D eigenvalue weighted by Gasteiger charge is 2.06. The van der Waals surface area contributed by atoms with Crippen molar-refractivity contribution in [1.29, 1.82) is 0 Å². The quantitative estimate of drug-likeness (QED) is 0.864. The first kappa shape index (κ1) is 11.3. The molecule has 0 saturated carbocycles. The van der Waals surface area contributed by atoms with Crippen LogP contribution in [0.4, 0.5) is 5.69 Å². The van der Waals surface area contributed by atoms with Gasteiger partial charge in [0.25, 0.3) is 0 Å². The van der Waals surface area contributed by atoms with E-state index in [1.54, 1.807) is 37.9 Å². The molecule has 0 aromatic carbocycles. The Hall–Kier alpha value is -2.17. The van der Waals surface area contributed by atoms with Gasteiger partial charge in [-0.2, -0.15) is 0 Å². The molecule has 0 aliphatic carbocycles. The van der Waals surface area contributed by atoms with Gasteiger partial charge in [0.2, 0.25) is 5.56 Å². The van der Waals surface area contributed by atoms with Crippen molar-refractivity contribution in [2.75, 3.05) is 5.32 Å². The maximum atomic E-state index is 11.2. The average molecular weight is 230 g/mol. The monoisotopic (exact) mass is 230 g/mol. The Morgan fingerprint density at radius 2 is 2.18 bits per heavy atom. The van der Waals surface area contributed by atoms with Crippen molar-refractivity contribution in [3.05, 3.63) is 53.0 Å². The Kier molecular flexibility index (Phi) is 3.18. The molecular weight excluding hydrogens is 216 g/mol. The zero-order chi connectivity index (χ0) is 12.3. The fraction of sp³-hybridized carbons (Fsp3) is 0.250. The van der Waals surface area contributed by atoms with Crippen LogP contribution in [-0.4, -0.2) is 14.5 Å². The van der Waals surface area contributed by atoms with Gasteiger partial charge in [0.05, 0.1) is 23.6 Å². The molecule has 0 fully saturated rings. The number of aromatic nitrogens is 3. The van der Waals surface area contributed by atoms with E-state index in [9.17, 15) is 4.79 Å². The van der Waals surface area contributed by atoms with E-state index in [0.717, 1.165) is 11.4 Å². The maximum absolute atomic E-state index is 11.2. The molecule has 0 aliphatic heterocycles. The number of hydrogen-bond donors (Lipinski definition) is 1. The van der Waals surface area contributed by atoms with Crippen molar-refractivity contribution in [3.8, 4) is 0 Å². The maximum Gasteiger partial charge on any atom is 0.250 e. The summed E-state index contributed by atoms with van der Waals surface area (Å²) < 4.78 is 1.53. The summed E-state index contributed by atoms with van der Waals surface area (Å²) in [5, 5.41) is 3.26. The summed E-state index contributed by atoms with van der Waals surface area (Å²) >= 11 is 0. The molecule has 1 unspecified atom stereocenters. The molecule has 88 valence electrons. The first-order valence-corrected chi connectivity index (χ1v) is 5.36. The van der Waals surface area contributed by atoms with Crippen LogP contribution in [0.5, 0.6) is 0 Å². The predicted molar refractivity (Wildman–Crippen MR) is 65.8 cm³/mol. The van der Waals surface area contributed by atoms with Gasteiger partial charge >= 0.3 is 0 Å². The first-order valence-electron chi connectivity index (χ1n) is 5.36. The SMILES string of the molecule is CC(Nc1ccc(=O)n(C)c1)c1cnccn1. The fourth-order valence-electron chi connectivity index (χ4n) is 1.54. The van der Waals surface area contributed by atoms with E-state index in [1.165, 1.54) is 10.6 Å². The van der Waals surface area contributed by atoms with E-state index in [2.05, 4.69) is 15.3 Å². The van der Waals surface area contributed by atoms with Gasteiger partial charge in [-0.1, -0.05) is 0 Å². The summed E-state index contributed by atoms with van der Waals surface area (Å²) in [4.78, 5) is 19.5. The summed E-state index contributed by atoms with van der Waals surface area (Å²) in [6.45, 7) is 2.00. The molecule has 2 rings (SSSR count). The summed E-state index contributed by atoms with van der Waals surface area (Å²) in [5.74, 6) is 0. The molecule has 0 amide bonds. The Balaban J connectivity index is 2.16. The smallest absolute Gasteiger partial charge is 0.250 e. The van der Waals surface area contributed by atoms with E-state index in [-0.39, 0.29) is 11.6 Å². The van der Waals surface area contributed by atoms with Crippen molar-refractivity contribution in [1.82, 2.24) is 14.5 Å². The standard InChI is InChI=1S/C12H14N4O/c1-9(11-7-13-5-6-14-11)15-10-3-4-12(17)16(2)8-10/h3-9,15H,1-2H3. The highest BCUT2D eigenvalue weighted by atomic mass is 16.1. The number of nitrogens with one attached hydrogen (secondary N) is 1. The second-order valence-corrected chi connectivity index (χ2v) is 3.86. The van der Waals surface area contributed by atoms with Crippen LogP contribution < -0.4 is 10.9 Å². The predicted octanol–water partition coefficient (Wildman–Crippen LogP) is 1.35. The van der Waals surface area contributed by atoms with Crippen LogP contribution in [0.3, 0.4) is 0 Å². The number of pyridine rings is 1. The molecule has 2 aromatic heterocycles. The van der Waals surface area contributed by atoms with Crippen LogP contribution in [0.1, 0.15) is 18.7 Å². The van der Waals surface area contributed by atoms with Gasteiger partial charge in [0.15, 0.2) is 0 Å². The normalized spacial score (nSPS) is 12.1. The van der Waals surface area contributed by atoms with Crippen LogP contribution in [0.2, 0.25) is 0 Å². The first-order chi connectivity index (χ1) is 8.16.